The van der Waals surface area contributed by atoms with Gasteiger partial charge in [-0.1, -0.05) is 44.0 Å². The number of halogens is 2. The van der Waals surface area contributed by atoms with Gasteiger partial charge in [-0.15, -0.1) is 0 Å². The van der Waals surface area contributed by atoms with Crippen molar-refractivity contribution in [3.63, 3.8) is 0 Å². The summed E-state index contributed by atoms with van der Waals surface area (Å²) in [6.45, 7) is 7.56. The zero-order valence-corrected chi connectivity index (χ0v) is 20.3. The van der Waals surface area contributed by atoms with Crippen LogP contribution in [0.15, 0.2) is 18.2 Å². The standard InChI is InChI=1S/C24H30Cl2O6/c1-12(2)24-10-18(30-19(28)11-27)23(4,32-24)16-8-5-13(3)20(16)21(24)31-22(29)15-7-6-14(25)9-17(15)26/h6-7,9,12-13,16,18,20-21,27H,5,8,10-11H2,1-4H3/t13-,16-,18-,20-,21+,23+,24-/m1/s1. The molecule has 176 valence electrons. The van der Waals surface area contributed by atoms with Gasteiger partial charge in [0.2, 0.25) is 0 Å². The van der Waals surface area contributed by atoms with Crippen LogP contribution in [0, 0.1) is 23.7 Å². The van der Waals surface area contributed by atoms with E-state index in [-0.39, 0.29) is 28.3 Å². The van der Waals surface area contributed by atoms with Crippen molar-refractivity contribution in [3.05, 3.63) is 33.8 Å². The van der Waals surface area contributed by atoms with Crippen LogP contribution >= 0.6 is 23.2 Å². The minimum Gasteiger partial charge on any atom is -0.457 e. The Morgan fingerprint density at radius 2 is 1.97 bits per heavy atom. The lowest BCUT2D eigenvalue weighted by molar-refractivity contribution is -0.259. The van der Waals surface area contributed by atoms with Crippen LogP contribution in [0.2, 0.25) is 10.0 Å². The molecule has 1 saturated carbocycles. The molecule has 3 aliphatic rings. The van der Waals surface area contributed by atoms with Gasteiger partial charge in [0, 0.05) is 17.4 Å². The molecule has 8 heteroatoms. The lowest BCUT2D eigenvalue weighted by atomic mass is 9.69. The van der Waals surface area contributed by atoms with E-state index < -0.39 is 42.0 Å². The molecule has 2 saturated heterocycles. The summed E-state index contributed by atoms with van der Waals surface area (Å²) in [5.74, 6) is -0.766. The van der Waals surface area contributed by atoms with Crippen molar-refractivity contribution in [2.75, 3.05) is 6.61 Å². The Kier molecular flexibility index (Phi) is 6.29. The van der Waals surface area contributed by atoms with Gasteiger partial charge in [0.1, 0.15) is 30.0 Å². The Morgan fingerprint density at radius 3 is 2.59 bits per heavy atom. The normalized spacial score (nSPS) is 37.9. The second-order valence-electron chi connectivity index (χ2n) is 9.92. The van der Waals surface area contributed by atoms with E-state index in [1.165, 1.54) is 6.07 Å². The quantitative estimate of drug-likeness (QED) is 0.611. The van der Waals surface area contributed by atoms with E-state index in [9.17, 15) is 14.7 Å². The fraction of sp³-hybridized carbons (Fsp3) is 0.667. The molecule has 2 bridgehead atoms. The molecule has 32 heavy (non-hydrogen) atoms. The molecule has 0 spiro atoms. The van der Waals surface area contributed by atoms with Crippen molar-refractivity contribution in [2.45, 2.75) is 70.4 Å². The minimum atomic E-state index is -0.816. The summed E-state index contributed by atoms with van der Waals surface area (Å²) >= 11 is 12.3. The third-order valence-corrected chi connectivity index (χ3v) is 8.49. The molecular formula is C24H30Cl2O6. The second-order valence-corrected chi connectivity index (χ2v) is 10.8. The van der Waals surface area contributed by atoms with E-state index >= 15 is 0 Å². The van der Waals surface area contributed by atoms with Gasteiger partial charge in [-0.05, 0) is 55.7 Å². The number of aliphatic hydroxyl groups is 1. The molecule has 4 rings (SSSR count). The van der Waals surface area contributed by atoms with Gasteiger partial charge < -0.3 is 19.3 Å². The maximum Gasteiger partial charge on any atom is 0.340 e. The zero-order chi connectivity index (χ0) is 23.4. The number of hydrogen-bond acceptors (Lipinski definition) is 6. The summed E-state index contributed by atoms with van der Waals surface area (Å²) in [5, 5.41) is 9.93. The molecule has 6 nitrogen and oxygen atoms in total. The van der Waals surface area contributed by atoms with Gasteiger partial charge >= 0.3 is 11.9 Å². The highest BCUT2D eigenvalue weighted by Crippen LogP contribution is 2.63. The Balaban J connectivity index is 1.74. The summed E-state index contributed by atoms with van der Waals surface area (Å²) in [5.41, 5.74) is -1.26. The average molecular weight is 485 g/mol. The van der Waals surface area contributed by atoms with Crippen molar-refractivity contribution < 1.29 is 28.9 Å². The third-order valence-electron chi connectivity index (χ3n) is 7.94. The van der Waals surface area contributed by atoms with E-state index in [0.717, 1.165) is 12.8 Å². The maximum atomic E-state index is 13.2. The van der Waals surface area contributed by atoms with Crippen LogP contribution in [-0.4, -0.2) is 47.1 Å². The first-order valence-electron chi connectivity index (χ1n) is 11.2. The first-order valence-corrected chi connectivity index (χ1v) is 12.0. The predicted molar refractivity (Wildman–Crippen MR) is 120 cm³/mol. The molecule has 0 aromatic heterocycles. The molecule has 1 aromatic carbocycles. The number of esters is 2. The zero-order valence-electron chi connectivity index (χ0n) is 18.8. The van der Waals surface area contributed by atoms with Gasteiger partial charge in [-0.2, -0.15) is 0 Å². The number of fused-ring (bicyclic) bond motifs is 4. The number of aliphatic hydroxyl groups excluding tert-OH is 1. The number of benzene rings is 1. The molecule has 7 atom stereocenters. The number of ether oxygens (including phenoxy) is 3. The SMILES string of the molecule is CC(C)[C@@]12C[C@@H](OC(=O)CO)[C@@](C)(O1)[C@@H]1CC[C@@H](C)[C@H]1[C@@H]2OC(=O)c1ccc(Cl)cc1Cl. The molecule has 2 aliphatic heterocycles. The van der Waals surface area contributed by atoms with Crippen molar-refractivity contribution in [1.82, 2.24) is 0 Å². The van der Waals surface area contributed by atoms with Crippen LogP contribution in [0.25, 0.3) is 0 Å². The average Bonchev–Trinajstić information content (AvgIpc) is 3.23. The smallest absolute Gasteiger partial charge is 0.340 e. The topological polar surface area (TPSA) is 82.1 Å². The van der Waals surface area contributed by atoms with Gasteiger partial charge in [-0.3, -0.25) is 0 Å². The van der Waals surface area contributed by atoms with E-state index in [0.29, 0.717) is 17.4 Å². The van der Waals surface area contributed by atoms with Gasteiger partial charge in [0.25, 0.3) is 0 Å². The summed E-state index contributed by atoms with van der Waals surface area (Å²) in [6.07, 6.45) is 1.22. The first-order chi connectivity index (χ1) is 15.0. The minimum absolute atomic E-state index is 0.00751. The van der Waals surface area contributed by atoms with Crippen molar-refractivity contribution in [1.29, 1.82) is 0 Å². The molecule has 0 unspecified atom stereocenters. The molecule has 0 amide bonds. The maximum absolute atomic E-state index is 13.2. The summed E-state index contributed by atoms with van der Waals surface area (Å²) < 4.78 is 18.7. The summed E-state index contributed by atoms with van der Waals surface area (Å²) in [7, 11) is 0. The number of hydrogen-bond donors (Lipinski definition) is 1. The second kappa shape index (κ2) is 8.46. The highest BCUT2D eigenvalue weighted by molar-refractivity contribution is 6.36. The van der Waals surface area contributed by atoms with Crippen LogP contribution in [0.5, 0.6) is 0 Å². The third kappa shape index (κ3) is 3.64. The molecular weight excluding hydrogens is 455 g/mol. The highest BCUT2D eigenvalue weighted by atomic mass is 35.5. The van der Waals surface area contributed by atoms with Crippen LogP contribution in [0.4, 0.5) is 0 Å². The van der Waals surface area contributed by atoms with E-state index in [2.05, 4.69) is 6.92 Å². The molecule has 2 heterocycles. The van der Waals surface area contributed by atoms with E-state index in [1.54, 1.807) is 12.1 Å². The van der Waals surface area contributed by atoms with Crippen LogP contribution in [0.1, 0.15) is 57.3 Å². The van der Waals surface area contributed by atoms with Crippen molar-refractivity contribution in [3.8, 4) is 0 Å². The van der Waals surface area contributed by atoms with E-state index in [4.69, 9.17) is 37.4 Å². The fourth-order valence-electron chi connectivity index (χ4n) is 6.27. The number of rotatable bonds is 5. The molecule has 0 radical (unpaired) electrons. The fourth-order valence-corrected chi connectivity index (χ4v) is 6.76. The Morgan fingerprint density at radius 1 is 1.25 bits per heavy atom. The van der Waals surface area contributed by atoms with Gasteiger partial charge in [0.15, 0.2) is 0 Å². The van der Waals surface area contributed by atoms with Crippen LogP contribution in [-0.2, 0) is 19.0 Å². The largest absolute Gasteiger partial charge is 0.457 e. The summed E-state index contributed by atoms with van der Waals surface area (Å²) in [4.78, 5) is 25.2. The van der Waals surface area contributed by atoms with E-state index in [1.807, 2.05) is 20.8 Å². The lowest BCUT2D eigenvalue weighted by Gasteiger charge is -2.53. The summed E-state index contributed by atoms with van der Waals surface area (Å²) in [6, 6.07) is 4.70. The molecule has 1 N–H and O–H groups in total. The Labute approximate surface area is 198 Å². The van der Waals surface area contributed by atoms with Gasteiger partial charge in [0.05, 0.1) is 10.6 Å². The molecule has 3 fully saturated rings. The predicted octanol–water partition coefficient (Wildman–Crippen LogP) is 4.67. The van der Waals surface area contributed by atoms with Crippen molar-refractivity contribution >= 4 is 35.1 Å². The highest BCUT2D eigenvalue weighted by Gasteiger charge is 2.72. The van der Waals surface area contributed by atoms with Crippen molar-refractivity contribution in [2.24, 2.45) is 23.7 Å². The molecule has 1 aliphatic carbocycles. The Bertz CT molecular complexity index is 920. The van der Waals surface area contributed by atoms with Crippen LogP contribution in [0.3, 0.4) is 0 Å². The first kappa shape index (κ1) is 23.8. The van der Waals surface area contributed by atoms with Gasteiger partial charge in [-0.25, -0.2) is 9.59 Å². The molecule has 1 aromatic rings. The number of carbonyl (C=O) groups is 2. The lowest BCUT2D eigenvalue weighted by Crippen LogP contribution is -2.62. The Hall–Kier alpha value is -1.34. The van der Waals surface area contributed by atoms with Crippen LogP contribution < -0.4 is 0 Å². The number of carbonyl (C=O) groups excluding carboxylic acids is 2. The monoisotopic (exact) mass is 484 g/mol.